The van der Waals surface area contributed by atoms with Crippen molar-refractivity contribution in [3.63, 3.8) is 0 Å². The fraction of sp³-hybridized carbons (Fsp3) is 0.942. The van der Waals surface area contributed by atoms with Crippen LogP contribution in [-0.4, -0.2) is 34.9 Å². The number of aliphatic hydroxyl groups excluding tert-OH is 2. The van der Waals surface area contributed by atoms with E-state index < -0.39 is 12.1 Å². The molecule has 0 aliphatic rings. The van der Waals surface area contributed by atoms with Crippen molar-refractivity contribution < 1.29 is 15.0 Å². The molecule has 0 aromatic carbocycles. The second-order valence-electron chi connectivity index (χ2n) is 18.0. The number of aliphatic hydroxyl groups is 2. The van der Waals surface area contributed by atoms with Crippen LogP contribution in [0.2, 0.25) is 0 Å². The smallest absolute Gasteiger partial charge is 0.220 e. The number of rotatable bonds is 48. The van der Waals surface area contributed by atoms with E-state index in [-0.39, 0.29) is 12.5 Å². The van der Waals surface area contributed by atoms with Gasteiger partial charge in [-0.2, -0.15) is 0 Å². The Morgan fingerprint density at radius 2 is 0.661 bits per heavy atom. The van der Waals surface area contributed by atoms with Crippen LogP contribution in [0.1, 0.15) is 296 Å². The molecule has 0 aliphatic carbocycles. The summed E-state index contributed by atoms with van der Waals surface area (Å²) >= 11 is 0. The van der Waals surface area contributed by atoms with E-state index in [9.17, 15) is 15.0 Å². The minimum Gasteiger partial charge on any atom is -0.394 e. The van der Waals surface area contributed by atoms with Gasteiger partial charge in [0.15, 0.2) is 0 Å². The fourth-order valence-corrected chi connectivity index (χ4v) is 8.30. The molecule has 0 aromatic heterocycles. The molecular formula is C52H103NO3. The highest BCUT2D eigenvalue weighted by Gasteiger charge is 2.18. The molecule has 334 valence electrons. The molecule has 0 rings (SSSR count). The Balaban J connectivity index is 3.36. The molecular weight excluding hydrogens is 687 g/mol. The minimum absolute atomic E-state index is 0.0591. The average Bonchev–Trinajstić information content (AvgIpc) is 3.20. The number of allylic oxidation sites excluding steroid dienone is 1. The van der Waals surface area contributed by atoms with Crippen molar-refractivity contribution >= 4 is 5.91 Å². The van der Waals surface area contributed by atoms with Gasteiger partial charge in [-0.1, -0.05) is 283 Å². The van der Waals surface area contributed by atoms with Gasteiger partial charge in [0.2, 0.25) is 5.91 Å². The molecule has 4 nitrogen and oxygen atoms in total. The number of amides is 1. The Labute approximate surface area is 352 Å². The van der Waals surface area contributed by atoms with Crippen molar-refractivity contribution in [1.29, 1.82) is 0 Å². The van der Waals surface area contributed by atoms with Crippen molar-refractivity contribution in [1.82, 2.24) is 5.32 Å². The zero-order valence-corrected chi connectivity index (χ0v) is 38.4. The average molecular weight is 790 g/mol. The lowest BCUT2D eigenvalue weighted by Gasteiger charge is -2.20. The van der Waals surface area contributed by atoms with Crippen LogP contribution in [0.5, 0.6) is 0 Å². The van der Waals surface area contributed by atoms with Crippen LogP contribution in [-0.2, 0) is 4.79 Å². The van der Waals surface area contributed by atoms with E-state index in [1.54, 1.807) is 6.08 Å². The second kappa shape index (κ2) is 48.5. The number of carbonyl (C=O) groups is 1. The molecule has 0 radical (unpaired) electrons. The molecule has 0 saturated heterocycles. The van der Waals surface area contributed by atoms with Crippen LogP contribution >= 0.6 is 0 Å². The molecule has 0 saturated carbocycles. The number of nitrogens with one attached hydrogen (secondary N) is 1. The molecule has 0 unspecified atom stereocenters. The first-order chi connectivity index (χ1) is 27.7. The van der Waals surface area contributed by atoms with Crippen molar-refractivity contribution in [3.05, 3.63) is 12.2 Å². The van der Waals surface area contributed by atoms with Gasteiger partial charge in [-0.3, -0.25) is 4.79 Å². The summed E-state index contributed by atoms with van der Waals surface area (Å²) in [4.78, 5) is 12.4. The first-order valence-corrected chi connectivity index (χ1v) is 25.9. The Kier molecular flexibility index (Phi) is 47.7. The highest BCUT2D eigenvalue weighted by molar-refractivity contribution is 5.76. The molecule has 4 heteroatoms. The molecule has 0 aliphatic heterocycles. The lowest BCUT2D eigenvalue weighted by Crippen LogP contribution is -2.45. The number of hydrogen-bond acceptors (Lipinski definition) is 3. The Bertz CT molecular complexity index is 769. The van der Waals surface area contributed by atoms with Gasteiger partial charge in [0.25, 0.3) is 0 Å². The number of carbonyl (C=O) groups excluding carboxylic acids is 1. The van der Waals surface area contributed by atoms with E-state index in [1.165, 1.54) is 250 Å². The maximum Gasteiger partial charge on any atom is 0.220 e. The summed E-state index contributed by atoms with van der Waals surface area (Å²) < 4.78 is 0. The standard InChI is InChI=1S/C52H103NO3/c1-3-5-7-9-11-13-15-16-17-18-19-20-21-22-23-24-25-26-27-28-29-30-31-32-33-34-35-36-38-40-42-44-46-48-52(56)53-50(49-54)51(55)47-45-43-41-39-37-14-12-10-8-6-4-2/h45,47,50-51,54-55H,3-44,46,48-49H2,1-2H3,(H,53,56)/b47-45+/t50-,51+/m0/s1. The Hall–Kier alpha value is -0.870. The summed E-state index contributed by atoms with van der Waals surface area (Å²) in [7, 11) is 0. The minimum atomic E-state index is -0.833. The third-order valence-corrected chi connectivity index (χ3v) is 12.3. The van der Waals surface area contributed by atoms with Gasteiger partial charge in [0.1, 0.15) is 0 Å². The summed E-state index contributed by atoms with van der Waals surface area (Å²) in [6.45, 7) is 4.32. The second-order valence-corrected chi connectivity index (χ2v) is 18.0. The van der Waals surface area contributed by atoms with Crippen LogP contribution in [0, 0.1) is 0 Å². The summed E-state index contributed by atoms with van der Waals surface area (Å²) in [6, 6.07) is -0.616. The Morgan fingerprint density at radius 3 is 0.929 bits per heavy atom. The van der Waals surface area contributed by atoms with Crippen molar-refractivity contribution in [2.24, 2.45) is 0 Å². The third-order valence-electron chi connectivity index (χ3n) is 12.3. The van der Waals surface area contributed by atoms with E-state index in [0.29, 0.717) is 6.42 Å². The van der Waals surface area contributed by atoms with E-state index in [1.807, 2.05) is 6.08 Å². The van der Waals surface area contributed by atoms with Gasteiger partial charge < -0.3 is 15.5 Å². The lowest BCUT2D eigenvalue weighted by molar-refractivity contribution is -0.123. The highest BCUT2D eigenvalue weighted by atomic mass is 16.3. The molecule has 0 bridgehead atoms. The van der Waals surface area contributed by atoms with Gasteiger partial charge in [-0.25, -0.2) is 0 Å². The number of hydrogen-bond donors (Lipinski definition) is 3. The van der Waals surface area contributed by atoms with E-state index in [0.717, 1.165) is 25.7 Å². The molecule has 3 N–H and O–H groups in total. The zero-order chi connectivity index (χ0) is 40.7. The van der Waals surface area contributed by atoms with E-state index in [4.69, 9.17) is 0 Å². The summed E-state index contributed by atoms with van der Waals surface area (Å²) in [5.74, 6) is -0.0591. The van der Waals surface area contributed by atoms with Gasteiger partial charge in [0, 0.05) is 6.42 Å². The molecule has 0 heterocycles. The van der Waals surface area contributed by atoms with Crippen molar-refractivity contribution in [2.75, 3.05) is 6.61 Å². The predicted octanol–water partition coefficient (Wildman–Crippen LogP) is 16.6. The maximum atomic E-state index is 12.4. The lowest BCUT2D eigenvalue weighted by atomic mass is 10.0. The quantitative estimate of drug-likeness (QED) is 0.0425. The monoisotopic (exact) mass is 790 g/mol. The molecule has 2 atom stereocenters. The fourth-order valence-electron chi connectivity index (χ4n) is 8.30. The van der Waals surface area contributed by atoms with Crippen molar-refractivity contribution in [3.8, 4) is 0 Å². The largest absolute Gasteiger partial charge is 0.394 e. The zero-order valence-electron chi connectivity index (χ0n) is 38.4. The van der Waals surface area contributed by atoms with Gasteiger partial charge in [-0.05, 0) is 19.3 Å². The predicted molar refractivity (Wildman–Crippen MR) is 249 cm³/mol. The molecule has 0 aromatic rings. The first-order valence-electron chi connectivity index (χ1n) is 25.9. The first kappa shape index (κ1) is 55.1. The van der Waals surface area contributed by atoms with Gasteiger partial charge >= 0.3 is 0 Å². The van der Waals surface area contributed by atoms with Crippen LogP contribution in [0.15, 0.2) is 12.2 Å². The van der Waals surface area contributed by atoms with Crippen LogP contribution in [0.3, 0.4) is 0 Å². The topological polar surface area (TPSA) is 69.6 Å². The normalized spacial score (nSPS) is 12.9. The van der Waals surface area contributed by atoms with Crippen LogP contribution < -0.4 is 5.32 Å². The molecule has 0 spiro atoms. The Morgan fingerprint density at radius 1 is 0.411 bits per heavy atom. The molecule has 0 fully saturated rings. The van der Waals surface area contributed by atoms with Crippen molar-refractivity contribution in [2.45, 2.75) is 309 Å². The highest BCUT2D eigenvalue weighted by Crippen LogP contribution is 2.17. The van der Waals surface area contributed by atoms with Gasteiger partial charge in [0.05, 0.1) is 18.8 Å². The maximum absolute atomic E-state index is 12.4. The van der Waals surface area contributed by atoms with Gasteiger partial charge in [-0.15, -0.1) is 0 Å². The molecule has 1 amide bonds. The molecule has 56 heavy (non-hydrogen) atoms. The third kappa shape index (κ3) is 44.2. The SMILES string of the molecule is CCCCCCCCCCC/C=C/[C@@H](O)[C@H](CO)NC(=O)CCCCCCCCCCCCCCCCCCCCCCCCCCCCCCCCCCC. The van der Waals surface area contributed by atoms with E-state index in [2.05, 4.69) is 19.2 Å². The summed E-state index contributed by atoms with van der Waals surface area (Å²) in [5.41, 5.74) is 0. The van der Waals surface area contributed by atoms with Crippen LogP contribution in [0.25, 0.3) is 0 Å². The van der Waals surface area contributed by atoms with E-state index >= 15 is 0 Å². The number of unbranched alkanes of at least 4 members (excludes halogenated alkanes) is 41. The summed E-state index contributed by atoms with van der Waals surface area (Å²) in [6.07, 6.45) is 62.3. The summed E-state index contributed by atoms with van der Waals surface area (Å²) in [5, 5.41) is 23.0. The van der Waals surface area contributed by atoms with Crippen LogP contribution in [0.4, 0.5) is 0 Å².